The molecular weight excluding hydrogens is 344 g/mol. The largest absolute Gasteiger partial charge is 0.380 e. The number of nitrogens with one attached hydrogen (secondary N) is 1. The molecule has 0 aliphatic carbocycles. The Hall–Kier alpha value is -0.370. The fourth-order valence-corrected chi connectivity index (χ4v) is 4.04. The van der Waals surface area contributed by atoms with E-state index in [2.05, 4.69) is 5.32 Å². The van der Waals surface area contributed by atoms with Crippen LogP contribution in [0.15, 0.2) is 18.2 Å². The Morgan fingerprint density at radius 3 is 2.75 bits per heavy atom. The highest BCUT2D eigenvalue weighted by Crippen LogP contribution is 2.23. The van der Waals surface area contributed by atoms with Gasteiger partial charge in [-0.1, -0.05) is 0 Å². The van der Waals surface area contributed by atoms with Crippen LogP contribution in [0.2, 0.25) is 0 Å². The summed E-state index contributed by atoms with van der Waals surface area (Å²) in [5.41, 5.74) is 0.795. The molecule has 1 saturated heterocycles. The molecular formula is C10H11FINO2S. The molecule has 1 unspecified atom stereocenters. The molecule has 0 aromatic heterocycles. The van der Waals surface area contributed by atoms with Gasteiger partial charge in [0.15, 0.2) is 9.84 Å². The molecule has 3 nitrogen and oxygen atoms in total. The van der Waals surface area contributed by atoms with Crippen molar-refractivity contribution in [2.75, 3.05) is 16.8 Å². The van der Waals surface area contributed by atoms with Gasteiger partial charge in [-0.3, -0.25) is 0 Å². The molecule has 1 aromatic carbocycles. The van der Waals surface area contributed by atoms with Gasteiger partial charge in [0.25, 0.3) is 0 Å². The van der Waals surface area contributed by atoms with Crippen LogP contribution < -0.4 is 5.32 Å². The van der Waals surface area contributed by atoms with Gasteiger partial charge in [-0.15, -0.1) is 0 Å². The molecule has 1 N–H and O–H groups in total. The smallest absolute Gasteiger partial charge is 0.152 e. The molecule has 0 bridgehead atoms. The molecule has 0 spiro atoms. The van der Waals surface area contributed by atoms with Crippen LogP contribution in [0.4, 0.5) is 10.1 Å². The second-order valence-electron chi connectivity index (χ2n) is 3.87. The number of anilines is 1. The SMILES string of the molecule is O=S1(=O)CCC(Nc2ccc(F)cc2I)C1. The molecule has 88 valence electrons. The Morgan fingerprint density at radius 1 is 1.44 bits per heavy atom. The number of hydrogen-bond acceptors (Lipinski definition) is 3. The van der Waals surface area contributed by atoms with Crippen molar-refractivity contribution < 1.29 is 12.8 Å². The van der Waals surface area contributed by atoms with Crippen molar-refractivity contribution >= 4 is 38.1 Å². The molecule has 1 aliphatic heterocycles. The summed E-state index contributed by atoms with van der Waals surface area (Å²) < 4.78 is 36.2. The summed E-state index contributed by atoms with van der Waals surface area (Å²) in [5.74, 6) is 0.122. The second kappa shape index (κ2) is 4.48. The number of benzene rings is 1. The lowest BCUT2D eigenvalue weighted by Crippen LogP contribution is -2.21. The van der Waals surface area contributed by atoms with E-state index >= 15 is 0 Å². The van der Waals surface area contributed by atoms with E-state index < -0.39 is 9.84 Å². The van der Waals surface area contributed by atoms with Crippen LogP contribution in [-0.2, 0) is 9.84 Å². The van der Waals surface area contributed by atoms with Crippen molar-refractivity contribution in [2.24, 2.45) is 0 Å². The van der Waals surface area contributed by atoms with Crippen molar-refractivity contribution in [3.8, 4) is 0 Å². The Balaban J connectivity index is 2.11. The highest BCUT2D eigenvalue weighted by molar-refractivity contribution is 14.1. The molecule has 16 heavy (non-hydrogen) atoms. The van der Waals surface area contributed by atoms with E-state index in [1.165, 1.54) is 12.1 Å². The summed E-state index contributed by atoms with van der Waals surface area (Å²) in [6.45, 7) is 0. The maximum atomic E-state index is 12.9. The molecule has 2 rings (SSSR count). The molecule has 0 amide bonds. The molecule has 6 heteroatoms. The van der Waals surface area contributed by atoms with Crippen molar-refractivity contribution in [3.63, 3.8) is 0 Å². The van der Waals surface area contributed by atoms with Gasteiger partial charge in [-0.25, -0.2) is 12.8 Å². The van der Waals surface area contributed by atoms with Crippen LogP contribution in [0.1, 0.15) is 6.42 Å². The molecule has 0 saturated carbocycles. The van der Waals surface area contributed by atoms with Crippen LogP contribution in [0.3, 0.4) is 0 Å². The summed E-state index contributed by atoms with van der Waals surface area (Å²) in [7, 11) is -2.88. The number of sulfone groups is 1. The maximum Gasteiger partial charge on any atom is 0.152 e. The minimum absolute atomic E-state index is 0.0519. The van der Waals surface area contributed by atoms with Crippen molar-refractivity contribution in [3.05, 3.63) is 27.6 Å². The standard InChI is InChI=1S/C10H11FINO2S/c11-7-1-2-10(9(12)5-7)13-8-3-4-16(14,15)6-8/h1-2,5,8,13H,3-4,6H2. The van der Waals surface area contributed by atoms with Gasteiger partial charge in [0.2, 0.25) is 0 Å². The Kier molecular flexibility index (Phi) is 3.39. The maximum absolute atomic E-state index is 12.9. The summed E-state index contributed by atoms with van der Waals surface area (Å²) in [4.78, 5) is 0. The van der Waals surface area contributed by atoms with Gasteiger partial charge < -0.3 is 5.32 Å². The van der Waals surface area contributed by atoms with Crippen LogP contribution >= 0.6 is 22.6 Å². The lowest BCUT2D eigenvalue weighted by Gasteiger charge is -2.13. The quantitative estimate of drug-likeness (QED) is 0.826. The monoisotopic (exact) mass is 355 g/mol. The predicted octanol–water partition coefficient (Wildman–Crippen LogP) is 2.03. The fourth-order valence-electron chi connectivity index (χ4n) is 1.74. The first-order valence-corrected chi connectivity index (χ1v) is 7.78. The van der Waals surface area contributed by atoms with Crippen LogP contribution in [-0.4, -0.2) is 26.0 Å². The van der Waals surface area contributed by atoms with E-state index in [0.29, 0.717) is 6.42 Å². The Labute approximate surface area is 107 Å². The zero-order valence-electron chi connectivity index (χ0n) is 8.41. The Bertz CT molecular complexity index is 504. The average molecular weight is 355 g/mol. The van der Waals surface area contributed by atoms with E-state index in [-0.39, 0.29) is 23.4 Å². The first-order valence-electron chi connectivity index (χ1n) is 4.88. The van der Waals surface area contributed by atoms with Crippen LogP contribution in [0.25, 0.3) is 0 Å². The van der Waals surface area contributed by atoms with Crippen LogP contribution in [0.5, 0.6) is 0 Å². The van der Waals surface area contributed by atoms with E-state index in [0.717, 1.165) is 9.26 Å². The van der Waals surface area contributed by atoms with E-state index in [1.54, 1.807) is 6.07 Å². The highest BCUT2D eigenvalue weighted by atomic mass is 127. The van der Waals surface area contributed by atoms with Gasteiger partial charge >= 0.3 is 0 Å². The summed E-state index contributed by atoms with van der Waals surface area (Å²) in [6.07, 6.45) is 0.621. The van der Waals surface area contributed by atoms with E-state index in [1.807, 2.05) is 22.6 Å². The molecule has 1 aliphatic rings. The van der Waals surface area contributed by atoms with Gasteiger partial charge in [0.05, 0.1) is 11.5 Å². The topological polar surface area (TPSA) is 46.2 Å². The fraction of sp³-hybridized carbons (Fsp3) is 0.400. The summed E-state index contributed by atoms with van der Waals surface area (Å²) in [6, 6.07) is 4.38. The third-order valence-electron chi connectivity index (χ3n) is 2.52. The lowest BCUT2D eigenvalue weighted by atomic mass is 10.2. The van der Waals surface area contributed by atoms with Crippen molar-refractivity contribution in [1.82, 2.24) is 0 Å². The predicted molar refractivity (Wildman–Crippen MR) is 69.8 cm³/mol. The highest BCUT2D eigenvalue weighted by Gasteiger charge is 2.27. The molecule has 1 fully saturated rings. The second-order valence-corrected chi connectivity index (χ2v) is 7.26. The molecule has 1 atom stereocenters. The molecule has 0 radical (unpaired) electrons. The zero-order valence-corrected chi connectivity index (χ0v) is 11.4. The van der Waals surface area contributed by atoms with Crippen LogP contribution in [0, 0.1) is 9.39 Å². The van der Waals surface area contributed by atoms with Gasteiger partial charge in [-0.2, -0.15) is 0 Å². The zero-order chi connectivity index (χ0) is 11.8. The molecule has 1 heterocycles. The third kappa shape index (κ3) is 2.85. The summed E-state index contributed by atoms with van der Waals surface area (Å²) in [5, 5.41) is 3.14. The summed E-state index contributed by atoms with van der Waals surface area (Å²) >= 11 is 2.03. The third-order valence-corrected chi connectivity index (χ3v) is 5.18. The minimum Gasteiger partial charge on any atom is -0.380 e. The van der Waals surface area contributed by atoms with Gasteiger partial charge in [0.1, 0.15) is 5.82 Å². The van der Waals surface area contributed by atoms with Crippen molar-refractivity contribution in [1.29, 1.82) is 0 Å². The van der Waals surface area contributed by atoms with Gasteiger partial charge in [-0.05, 0) is 47.2 Å². The first-order chi connectivity index (χ1) is 7.46. The normalized spacial score (nSPS) is 23.2. The average Bonchev–Trinajstić information content (AvgIpc) is 2.51. The Morgan fingerprint density at radius 2 is 2.19 bits per heavy atom. The van der Waals surface area contributed by atoms with Gasteiger partial charge in [0, 0.05) is 15.3 Å². The number of rotatable bonds is 2. The minimum atomic E-state index is -2.88. The lowest BCUT2D eigenvalue weighted by molar-refractivity contribution is 0.602. The van der Waals surface area contributed by atoms with Crippen molar-refractivity contribution in [2.45, 2.75) is 12.5 Å². The first kappa shape index (κ1) is 12.1. The number of hydrogen-bond donors (Lipinski definition) is 1. The van der Waals surface area contributed by atoms with E-state index in [9.17, 15) is 12.8 Å². The number of halogens is 2. The molecule has 1 aromatic rings. The van der Waals surface area contributed by atoms with E-state index in [4.69, 9.17) is 0 Å².